The van der Waals surface area contributed by atoms with Crippen molar-refractivity contribution in [3.63, 3.8) is 0 Å². The molecule has 4 bridgehead atoms. The van der Waals surface area contributed by atoms with Gasteiger partial charge in [-0.05, 0) is 68.6 Å². The maximum Gasteiger partial charge on any atom is 0.239 e. The predicted octanol–water partition coefficient (Wildman–Crippen LogP) is 3.48. The molecule has 4 fully saturated rings. The van der Waals surface area contributed by atoms with Gasteiger partial charge in [0.05, 0.1) is 5.41 Å². The third kappa shape index (κ3) is 3.29. The Morgan fingerprint density at radius 1 is 1.30 bits per heavy atom. The van der Waals surface area contributed by atoms with Gasteiger partial charge in [0.15, 0.2) is 0 Å². The smallest absolute Gasteiger partial charge is 0.239 e. The van der Waals surface area contributed by atoms with Crippen LogP contribution in [-0.2, 0) is 9.59 Å². The summed E-state index contributed by atoms with van der Waals surface area (Å²) in [5.74, 6) is 3.74. The molecule has 5 heteroatoms. The van der Waals surface area contributed by atoms with E-state index in [4.69, 9.17) is 6.42 Å². The molecular weight excluding hydrogens is 404 g/mol. The average molecular weight is 429 g/mol. The van der Waals surface area contributed by atoms with Crippen LogP contribution in [0.15, 0.2) is 24.3 Å². The molecule has 0 radical (unpaired) electrons. The van der Waals surface area contributed by atoms with Gasteiger partial charge >= 0.3 is 0 Å². The third-order valence-electron chi connectivity index (χ3n) is 6.59. The number of benzene rings is 1. The van der Waals surface area contributed by atoms with Gasteiger partial charge in [-0.3, -0.25) is 9.59 Å². The fourth-order valence-corrected chi connectivity index (χ4v) is 7.41. The zero-order valence-corrected chi connectivity index (χ0v) is 17.2. The first-order valence-electron chi connectivity index (χ1n) is 9.65. The molecule has 1 aromatic carbocycles. The molecule has 1 N–H and O–H groups in total. The fraction of sp³-hybridized carbons (Fsp3) is 0.545. The second kappa shape index (κ2) is 6.67. The number of carbonyl (C=O) groups is 2. The summed E-state index contributed by atoms with van der Waals surface area (Å²) in [6, 6.07) is 7.38. The maximum atomic E-state index is 13.9. The molecule has 4 saturated carbocycles. The number of nitrogens with one attached hydrogen (secondary N) is 1. The minimum absolute atomic E-state index is 0.0235. The van der Waals surface area contributed by atoms with Crippen LogP contribution in [0.3, 0.4) is 0 Å². The number of likely N-dealkylation sites (N-methyl/N-ethyl adjacent to an activating group) is 1. The minimum Gasteiger partial charge on any atom is -0.358 e. The normalized spacial score (nSPS) is 33.4. The topological polar surface area (TPSA) is 49.4 Å². The number of carbonyl (C=O) groups excluding carboxylic acids is 2. The van der Waals surface area contributed by atoms with E-state index in [1.807, 2.05) is 24.3 Å². The second-order valence-electron chi connectivity index (χ2n) is 8.65. The first kappa shape index (κ1) is 18.6. The number of halogens is 1. The van der Waals surface area contributed by atoms with Crippen molar-refractivity contribution in [2.75, 3.05) is 18.5 Å². The summed E-state index contributed by atoms with van der Waals surface area (Å²) in [6.45, 7) is 0.0235. The molecule has 4 nitrogen and oxygen atoms in total. The number of nitrogens with zero attached hydrogens (tertiary/aromatic N) is 1. The van der Waals surface area contributed by atoms with Crippen molar-refractivity contribution in [3.05, 3.63) is 29.8 Å². The zero-order valence-electron chi connectivity index (χ0n) is 15.6. The van der Waals surface area contributed by atoms with Crippen molar-refractivity contribution in [3.8, 4) is 12.3 Å². The molecule has 2 unspecified atom stereocenters. The summed E-state index contributed by atoms with van der Waals surface area (Å²) in [5.41, 5.74) is 1.05. The molecule has 142 valence electrons. The SMILES string of the molecule is C#Cc1cccc(N(CC(=O)NC)C(=O)C23CC4CC(CC(Br)(C4)C2)C3)c1. The van der Waals surface area contributed by atoms with Crippen molar-refractivity contribution in [2.24, 2.45) is 17.3 Å². The molecule has 2 atom stereocenters. The monoisotopic (exact) mass is 428 g/mol. The van der Waals surface area contributed by atoms with E-state index in [0.29, 0.717) is 23.1 Å². The van der Waals surface area contributed by atoms with Crippen LogP contribution in [0.1, 0.15) is 44.1 Å². The lowest BCUT2D eigenvalue weighted by atomic mass is 9.49. The lowest BCUT2D eigenvalue weighted by Gasteiger charge is -2.60. The van der Waals surface area contributed by atoms with Crippen LogP contribution >= 0.6 is 15.9 Å². The van der Waals surface area contributed by atoms with Gasteiger partial charge in [-0.1, -0.05) is 27.9 Å². The van der Waals surface area contributed by atoms with Crippen LogP contribution in [0.4, 0.5) is 5.69 Å². The largest absolute Gasteiger partial charge is 0.358 e. The molecule has 2 amide bonds. The molecule has 5 rings (SSSR count). The molecule has 0 aliphatic heterocycles. The number of terminal acetylenes is 1. The fourth-order valence-electron chi connectivity index (χ4n) is 5.95. The number of rotatable bonds is 4. The first-order valence-corrected chi connectivity index (χ1v) is 10.4. The van der Waals surface area contributed by atoms with E-state index in [-0.39, 0.29) is 28.1 Å². The summed E-state index contributed by atoms with van der Waals surface area (Å²) >= 11 is 3.98. The van der Waals surface area contributed by atoms with Crippen LogP contribution in [-0.4, -0.2) is 29.7 Å². The molecule has 1 aromatic rings. The highest BCUT2D eigenvalue weighted by Gasteiger charge is 2.60. The quantitative estimate of drug-likeness (QED) is 0.589. The summed E-state index contributed by atoms with van der Waals surface area (Å²) in [6.07, 6.45) is 11.9. The minimum atomic E-state index is -0.367. The molecule has 0 saturated heterocycles. The Balaban J connectivity index is 1.70. The van der Waals surface area contributed by atoms with Crippen molar-refractivity contribution < 1.29 is 9.59 Å². The van der Waals surface area contributed by atoms with Crippen LogP contribution in [0.5, 0.6) is 0 Å². The van der Waals surface area contributed by atoms with Gasteiger partial charge in [-0.15, -0.1) is 6.42 Å². The van der Waals surface area contributed by atoms with Crippen molar-refractivity contribution in [1.82, 2.24) is 5.32 Å². The Bertz CT molecular complexity index is 814. The Kier molecular flexibility index (Phi) is 4.58. The van der Waals surface area contributed by atoms with Crippen molar-refractivity contribution >= 4 is 33.4 Å². The number of hydrogen-bond acceptors (Lipinski definition) is 2. The summed E-state index contributed by atoms with van der Waals surface area (Å²) in [5, 5.41) is 2.65. The van der Waals surface area contributed by atoms with Gasteiger partial charge in [0.2, 0.25) is 11.8 Å². The van der Waals surface area contributed by atoms with Gasteiger partial charge in [-0.2, -0.15) is 0 Å². The zero-order chi connectivity index (χ0) is 19.2. The molecule has 4 aliphatic carbocycles. The highest BCUT2D eigenvalue weighted by Crippen LogP contribution is 2.65. The molecular formula is C22H25BrN2O2. The van der Waals surface area contributed by atoms with E-state index in [1.54, 1.807) is 11.9 Å². The van der Waals surface area contributed by atoms with Gasteiger partial charge in [0.25, 0.3) is 0 Å². The van der Waals surface area contributed by atoms with Gasteiger partial charge in [0.1, 0.15) is 6.54 Å². The molecule has 4 aliphatic rings. The number of alkyl halides is 1. The summed E-state index contributed by atoms with van der Waals surface area (Å²) < 4.78 is 0.0894. The number of hydrogen-bond donors (Lipinski definition) is 1. The van der Waals surface area contributed by atoms with Crippen molar-refractivity contribution in [1.29, 1.82) is 0 Å². The number of anilines is 1. The van der Waals surface area contributed by atoms with Gasteiger partial charge in [0, 0.05) is 22.6 Å². The third-order valence-corrected chi connectivity index (χ3v) is 7.52. The summed E-state index contributed by atoms with van der Waals surface area (Å²) in [7, 11) is 1.60. The maximum absolute atomic E-state index is 13.9. The van der Waals surface area contributed by atoms with E-state index < -0.39 is 0 Å². The van der Waals surface area contributed by atoms with Crippen LogP contribution in [0.25, 0.3) is 0 Å². The van der Waals surface area contributed by atoms with Gasteiger partial charge < -0.3 is 10.2 Å². The van der Waals surface area contributed by atoms with Crippen LogP contribution in [0.2, 0.25) is 0 Å². The standard InChI is InChI=1S/C22H25BrN2O2/c1-3-15-5-4-6-18(8-15)25(13-19(26)24-2)20(27)21-9-16-7-17(10-21)12-22(23,11-16)14-21/h1,4-6,8,16-17H,7,9-14H2,2H3,(H,24,26). The first-order chi connectivity index (χ1) is 12.9. The Hall–Kier alpha value is -1.80. The Labute approximate surface area is 169 Å². The molecule has 0 spiro atoms. The van der Waals surface area contributed by atoms with E-state index in [1.165, 1.54) is 19.3 Å². The Morgan fingerprint density at radius 2 is 2.00 bits per heavy atom. The van der Waals surface area contributed by atoms with Crippen LogP contribution in [0, 0.1) is 29.6 Å². The van der Waals surface area contributed by atoms with Crippen LogP contribution < -0.4 is 10.2 Å². The molecule has 0 heterocycles. The highest BCUT2D eigenvalue weighted by atomic mass is 79.9. The second-order valence-corrected chi connectivity index (χ2v) is 10.3. The van der Waals surface area contributed by atoms with E-state index in [0.717, 1.165) is 19.3 Å². The van der Waals surface area contributed by atoms with E-state index in [2.05, 4.69) is 27.2 Å². The number of amides is 2. The lowest BCUT2D eigenvalue weighted by molar-refractivity contribution is -0.142. The summed E-state index contributed by atoms with van der Waals surface area (Å²) in [4.78, 5) is 27.7. The predicted molar refractivity (Wildman–Crippen MR) is 110 cm³/mol. The average Bonchev–Trinajstić information content (AvgIpc) is 2.63. The van der Waals surface area contributed by atoms with Crippen molar-refractivity contribution in [2.45, 2.75) is 42.8 Å². The molecule has 0 aromatic heterocycles. The van der Waals surface area contributed by atoms with E-state index >= 15 is 0 Å². The Morgan fingerprint density at radius 3 is 2.59 bits per heavy atom. The lowest BCUT2D eigenvalue weighted by Crippen LogP contribution is -2.59. The van der Waals surface area contributed by atoms with E-state index in [9.17, 15) is 9.59 Å². The van der Waals surface area contributed by atoms with Gasteiger partial charge in [-0.25, -0.2) is 0 Å². The molecule has 27 heavy (non-hydrogen) atoms. The highest BCUT2D eigenvalue weighted by molar-refractivity contribution is 9.10.